The second-order valence-electron chi connectivity index (χ2n) is 4.71. The van der Waals surface area contributed by atoms with E-state index in [-0.39, 0.29) is 12.3 Å². The number of hydrogen-bond donors (Lipinski definition) is 0. The second-order valence-corrected chi connectivity index (χ2v) is 4.71. The molecule has 4 nitrogen and oxygen atoms in total. The van der Waals surface area contributed by atoms with Crippen LogP contribution in [0.1, 0.15) is 28.7 Å². The molecule has 0 aliphatic rings. The number of amides is 1. The maximum absolute atomic E-state index is 11.7. The van der Waals surface area contributed by atoms with E-state index in [4.69, 9.17) is 10.00 Å². The predicted molar refractivity (Wildman–Crippen MR) is 73.9 cm³/mol. The van der Waals surface area contributed by atoms with Crippen LogP contribution >= 0.6 is 0 Å². The highest BCUT2D eigenvalue weighted by Crippen LogP contribution is 2.28. The van der Waals surface area contributed by atoms with Crippen LogP contribution < -0.4 is 4.74 Å². The molecule has 0 heterocycles. The molecule has 4 heteroatoms. The molecule has 1 amide bonds. The van der Waals surface area contributed by atoms with E-state index < -0.39 is 0 Å². The van der Waals surface area contributed by atoms with Crippen molar-refractivity contribution in [2.45, 2.75) is 33.7 Å². The van der Waals surface area contributed by atoms with Gasteiger partial charge in [0.1, 0.15) is 12.2 Å². The van der Waals surface area contributed by atoms with Crippen molar-refractivity contribution in [3.8, 4) is 11.8 Å². The van der Waals surface area contributed by atoms with Gasteiger partial charge in [-0.3, -0.25) is 4.79 Å². The molecule has 1 aromatic rings. The van der Waals surface area contributed by atoms with Gasteiger partial charge in [0, 0.05) is 13.6 Å². The van der Waals surface area contributed by atoms with Crippen molar-refractivity contribution in [2.75, 3.05) is 14.2 Å². The number of ether oxygens (including phenoxy) is 1. The summed E-state index contributed by atoms with van der Waals surface area (Å²) in [6.45, 7) is 6.56. The SMILES string of the molecule is COc1cc(C)c(CN(C)C(=O)CC#N)c(C)c1C. The molecular formula is C15H20N2O2. The summed E-state index contributed by atoms with van der Waals surface area (Å²) in [4.78, 5) is 13.2. The zero-order chi connectivity index (χ0) is 14.6. The van der Waals surface area contributed by atoms with Crippen molar-refractivity contribution >= 4 is 5.91 Å². The third-order valence-electron chi connectivity index (χ3n) is 3.48. The molecule has 0 bridgehead atoms. The van der Waals surface area contributed by atoms with Crippen LogP contribution in [0.4, 0.5) is 0 Å². The van der Waals surface area contributed by atoms with Crippen LogP contribution in [0.5, 0.6) is 5.75 Å². The summed E-state index contributed by atoms with van der Waals surface area (Å²) in [5.41, 5.74) is 4.43. The van der Waals surface area contributed by atoms with E-state index in [1.165, 1.54) is 0 Å². The van der Waals surface area contributed by atoms with E-state index in [1.54, 1.807) is 19.1 Å². The highest BCUT2D eigenvalue weighted by Gasteiger charge is 2.15. The summed E-state index contributed by atoms with van der Waals surface area (Å²) in [7, 11) is 3.38. The Kier molecular flexibility index (Phi) is 4.94. The standard InChI is InChI=1S/C15H20N2O2/c1-10-8-14(19-5)12(3)11(2)13(10)9-17(4)15(18)6-7-16/h8H,6,9H2,1-5H3. The molecule has 0 aliphatic heterocycles. The van der Waals surface area contributed by atoms with Gasteiger partial charge in [-0.05, 0) is 49.1 Å². The molecule has 0 saturated heterocycles. The second kappa shape index (κ2) is 6.24. The van der Waals surface area contributed by atoms with Gasteiger partial charge in [0.2, 0.25) is 5.91 Å². The van der Waals surface area contributed by atoms with Gasteiger partial charge in [0.15, 0.2) is 0 Å². The zero-order valence-electron chi connectivity index (χ0n) is 12.2. The van der Waals surface area contributed by atoms with Crippen molar-refractivity contribution in [1.29, 1.82) is 5.26 Å². The number of carbonyl (C=O) groups excluding carboxylic acids is 1. The van der Waals surface area contributed by atoms with Crippen LogP contribution in [0, 0.1) is 32.1 Å². The minimum Gasteiger partial charge on any atom is -0.496 e. The Bertz CT molecular complexity index is 530. The Balaban J connectivity index is 3.06. The summed E-state index contributed by atoms with van der Waals surface area (Å²) in [6, 6.07) is 3.87. The Labute approximate surface area is 114 Å². The first-order valence-electron chi connectivity index (χ1n) is 6.17. The van der Waals surface area contributed by atoms with Crippen LogP contribution in [-0.4, -0.2) is 25.0 Å². The number of rotatable bonds is 4. The topological polar surface area (TPSA) is 53.3 Å². The van der Waals surface area contributed by atoms with Gasteiger partial charge in [-0.1, -0.05) is 0 Å². The number of aryl methyl sites for hydroxylation is 1. The first kappa shape index (κ1) is 15.0. The number of benzene rings is 1. The van der Waals surface area contributed by atoms with Gasteiger partial charge in [-0.25, -0.2) is 0 Å². The monoisotopic (exact) mass is 260 g/mol. The van der Waals surface area contributed by atoms with Crippen molar-refractivity contribution in [2.24, 2.45) is 0 Å². The lowest BCUT2D eigenvalue weighted by molar-refractivity contribution is -0.129. The average molecular weight is 260 g/mol. The van der Waals surface area contributed by atoms with Crippen molar-refractivity contribution in [1.82, 2.24) is 4.90 Å². The lowest BCUT2D eigenvalue weighted by atomic mass is 9.97. The van der Waals surface area contributed by atoms with Crippen LogP contribution in [-0.2, 0) is 11.3 Å². The highest BCUT2D eigenvalue weighted by molar-refractivity contribution is 5.78. The van der Waals surface area contributed by atoms with Crippen LogP contribution in [0.3, 0.4) is 0 Å². The Hall–Kier alpha value is -2.02. The van der Waals surface area contributed by atoms with Gasteiger partial charge in [0.25, 0.3) is 0 Å². The van der Waals surface area contributed by atoms with E-state index in [0.29, 0.717) is 6.54 Å². The largest absolute Gasteiger partial charge is 0.496 e. The van der Waals surface area contributed by atoms with Gasteiger partial charge >= 0.3 is 0 Å². The van der Waals surface area contributed by atoms with Crippen LogP contribution in [0.15, 0.2) is 6.07 Å². The predicted octanol–water partition coefficient (Wildman–Crippen LogP) is 2.49. The number of nitrogens with zero attached hydrogens (tertiary/aromatic N) is 2. The zero-order valence-corrected chi connectivity index (χ0v) is 12.2. The minimum absolute atomic E-state index is 0.0796. The normalized spacial score (nSPS) is 9.89. The summed E-state index contributed by atoms with van der Waals surface area (Å²) in [5.74, 6) is 0.708. The Morgan fingerprint density at radius 2 is 2.00 bits per heavy atom. The molecule has 102 valence electrons. The number of methoxy groups -OCH3 is 1. The first-order valence-corrected chi connectivity index (χ1v) is 6.17. The number of nitriles is 1. The van der Waals surface area contributed by atoms with Gasteiger partial charge < -0.3 is 9.64 Å². The van der Waals surface area contributed by atoms with E-state index in [0.717, 1.165) is 28.0 Å². The molecule has 0 aliphatic carbocycles. The van der Waals surface area contributed by atoms with Gasteiger partial charge in [-0.15, -0.1) is 0 Å². The first-order chi connectivity index (χ1) is 8.92. The lowest BCUT2D eigenvalue weighted by Crippen LogP contribution is -2.26. The fourth-order valence-corrected chi connectivity index (χ4v) is 2.08. The third kappa shape index (κ3) is 3.25. The highest BCUT2D eigenvalue weighted by atomic mass is 16.5. The summed E-state index contributed by atoms with van der Waals surface area (Å²) in [5, 5.41) is 8.56. The van der Waals surface area contributed by atoms with Gasteiger partial charge in [0.05, 0.1) is 13.2 Å². The van der Waals surface area contributed by atoms with E-state index >= 15 is 0 Å². The molecule has 1 rings (SSSR count). The molecule has 0 saturated carbocycles. The summed E-state index contributed by atoms with van der Waals surface area (Å²) >= 11 is 0. The van der Waals surface area contributed by atoms with Crippen LogP contribution in [0.25, 0.3) is 0 Å². The minimum atomic E-state index is -0.158. The summed E-state index contributed by atoms with van der Waals surface area (Å²) < 4.78 is 5.33. The van der Waals surface area contributed by atoms with Crippen molar-refractivity contribution < 1.29 is 9.53 Å². The van der Waals surface area contributed by atoms with E-state index in [9.17, 15) is 4.79 Å². The quantitative estimate of drug-likeness (QED) is 0.835. The molecule has 0 unspecified atom stereocenters. The lowest BCUT2D eigenvalue weighted by Gasteiger charge is -2.21. The Morgan fingerprint density at radius 3 is 2.53 bits per heavy atom. The van der Waals surface area contributed by atoms with Crippen molar-refractivity contribution in [3.05, 3.63) is 28.3 Å². The molecule has 0 spiro atoms. The van der Waals surface area contributed by atoms with E-state index in [2.05, 4.69) is 0 Å². The maximum Gasteiger partial charge on any atom is 0.236 e. The number of hydrogen-bond acceptors (Lipinski definition) is 3. The van der Waals surface area contributed by atoms with Crippen LogP contribution in [0.2, 0.25) is 0 Å². The average Bonchev–Trinajstić information content (AvgIpc) is 2.38. The fourth-order valence-electron chi connectivity index (χ4n) is 2.08. The molecule has 0 fully saturated rings. The molecule has 0 atom stereocenters. The van der Waals surface area contributed by atoms with Gasteiger partial charge in [-0.2, -0.15) is 5.26 Å². The van der Waals surface area contributed by atoms with E-state index in [1.807, 2.05) is 32.9 Å². The molecule has 1 aromatic carbocycles. The number of carbonyl (C=O) groups is 1. The smallest absolute Gasteiger partial charge is 0.236 e. The summed E-state index contributed by atoms with van der Waals surface area (Å²) in [6.07, 6.45) is -0.0796. The molecule has 0 radical (unpaired) electrons. The molecule has 0 N–H and O–H groups in total. The fraction of sp³-hybridized carbons (Fsp3) is 0.467. The van der Waals surface area contributed by atoms with Crippen molar-refractivity contribution in [3.63, 3.8) is 0 Å². The molecule has 0 aromatic heterocycles. The molecular weight excluding hydrogens is 240 g/mol. The Morgan fingerprint density at radius 1 is 1.37 bits per heavy atom. The third-order valence-corrected chi connectivity index (χ3v) is 3.48. The molecule has 19 heavy (non-hydrogen) atoms. The maximum atomic E-state index is 11.7.